The first-order valence-electron chi connectivity index (χ1n) is 6.87. The van der Waals surface area contributed by atoms with Crippen LogP contribution in [0.5, 0.6) is 0 Å². The number of alkyl halides is 1. The molecule has 0 saturated carbocycles. The van der Waals surface area contributed by atoms with E-state index in [0.717, 1.165) is 32.0 Å². The van der Waals surface area contributed by atoms with Crippen molar-refractivity contribution in [2.24, 2.45) is 0 Å². The molecule has 2 N–H and O–H groups in total. The molecule has 0 amide bonds. The van der Waals surface area contributed by atoms with E-state index in [1.807, 2.05) is 12.1 Å². The molecule has 1 atom stereocenters. The molecule has 0 radical (unpaired) electrons. The molecule has 1 fully saturated rings. The number of allylic oxidation sites excluding steroid dienone is 2. The molecule has 0 bridgehead atoms. The molecule has 2 aliphatic rings. The SMILES string of the molecule is ClC1=CN[C@](Cl)(Nc2ccc(N3CCOCC3)cc2)C=C1. The van der Waals surface area contributed by atoms with Crippen molar-refractivity contribution in [1.82, 2.24) is 5.32 Å². The second-order valence-electron chi connectivity index (χ2n) is 4.99. The third-order valence-electron chi connectivity index (χ3n) is 3.46. The van der Waals surface area contributed by atoms with Gasteiger partial charge in [-0.15, -0.1) is 0 Å². The van der Waals surface area contributed by atoms with Crippen LogP contribution in [-0.4, -0.2) is 31.4 Å². The van der Waals surface area contributed by atoms with Gasteiger partial charge in [-0.05, 0) is 36.4 Å². The maximum atomic E-state index is 6.42. The molecule has 2 heterocycles. The number of ether oxygens (including phenoxy) is 1. The van der Waals surface area contributed by atoms with Gasteiger partial charge in [0.2, 0.25) is 5.12 Å². The highest BCUT2D eigenvalue weighted by molar-refractivity contribution is 6.32. The van der Waals surface area contributed by atoms with E-state index in [-0.39, 0.29) is 0 Å². The van der Waals surface area contributed by atoms with Crippen LogP contribution in [0.1, 0.15) is 0 Å². The van der Waals surface area contributed by atoms with Gasteiger partial charge in [0.1, 0.15) is 0 Å². The fourth-order valence-electron chi connectivity index (χ4n) is 2.33. The van der Waals surface area contributed by atoms with Crippen LogP contribution in [0, 0.1) is 0 Å². The first-order valence-corrected chi connectivity index (χ1v) is 7.63. The Kier molecular flexibility index (Phi) is 4.29. The number of morpholine rings is 1. The lowest BCUT2D eigenvalue weighted by molar-refractivity contribution is 0.122. The summed E-state index contributed by atoms with van der Waals surface area (Å²) in [6.07, 6.45) is 5.22. The highest BCUT2D eigenvalue weighted by Gasteiger charge is 2.24. The van der Waals surface area contributed by atoms with Gasteiger partial charge in [-0.3, -0.25) is 0 Å². The van der Waals surface area contributed by atoms with Crippen molar-refractivity contribution in [2.75, 3.05) is 36.5 Å². The Bertz CT molecular complexity index is 553. The number of dihydropyridines is 1. The normalized spacial score (nSPS) is 25.2. The fraction of sp³-hybridized carbons (Fsp3) is 0.333. The molecule has 3 rings (SSSR count). The Morgan fingerprint density at radius 3 is 2.52 bits per heavy atom. The van der Waals surface area contributed by atoms with Gasteiger partial charge in [0.05, 0.1) is 18.2 Å². The maximum absolute atomic E-state index is 6.42. The number of hydrogen-bond donors (Lipinski definition) is 2. The number of benzene rings is 1. The smallest absolute Gasteiger partial charge is 0.206 e. The van der Waals surface area contributed by atoms with E-state index in [4.69, 9.17) is 27.9 Å². The highest BCUT2D eigenvalue weighted by atomic mass is 35.5. The van der Waals surface area contributed by atoms with Gasteiger partial charge in [-0.2, -0.15) is 0 Å². The number of hydrogen-bond acceptors (Lipinski definition) is 4. The summed E-state index contributed by atoms with van der Waals surface area (Å²) in [5.41, 5.74) is 2.13. The van der Waals surface area contributed by atoms with Crippen LogP contribution in [0.3, 0.4) is 0 Å². The fourth-order valence-corrected chi connectivity index (χ4v) is 2.67. The van der Waals surface area contributed by atoms with Crippen molar-refractivity contribution in [3.63, 3.8) is 0 Å². The molecule has 21 heavy (non-hydrogen) atoms. The van der Waals surface area contributed by atoms with E-state index >= 15 is 0 Å². The Morgan fingerprint density at radius 1 is 1.19 bits per heavy atom. The molecule has 1 aromatic carbocycles. The van der Waals surface area contributed by atoms with Crippen molar-refractivity contribution >= 4 is 34.6 Å². The molecule has 1 saturated heterocycles. The summed E-state index contributed by atoms with van der Waals surface area (Å²) in [5, 5.41) is 6.02. The Balaban J connectivity index is 1.66. The zero-order chi connectivity index (χ0) is 14.7. The lowest BCUT2D eigenvalue weighted by atomic mass is 10.2. The van der Waals surface area contributed by atoms with Crippen LogP contribution in [0.15, 0.2) is 47.6 Å². The van der Waals surface area contributed by atoms with Crippen molar-refractivity contribution < 1.29 is 4.74 Å². The van der Waals surface area contributed by atoms with Crippen molar-refractivity contribution in [3.05, 3.63) is 47.6 Å². The van der Waals surface area contributed by atoms with Crippen molar-refractivity contribution in [1.29, 1.82) is 0 Å². The topological polar surface area (TPSA) is 36.5 Å². The van der Waals surface area contributed by atoms with E-state index in [1.54, 1.807) is 18.4 Å². The molecule has 4 nitrogen and oxygen atoms in total. The maximum Gasteiger partial charge on any atom is 0.206 e. The van der Waals surface area contributed by atoms with Gasteiger partial charge in [0, 0.05) is 30.7 Å². The second-order valence-corrected chi connectivity index (χ2v) is 6.02. The summed E-state index contributed by atoms with van der Waals surface area (Å²) < 4.78 is 5.36. The summed E-state index contributed by atoms with van der Waals surface area (Å²) in [5.74, 6) is 0. The molecule has 1 aromatic rings. The number of nitrogens with zero attached hydrogens (tertiary/aromatic N) is 1. The van der Waals surface area contributed by atoms with Gasteiger partial charge in [0.25, 0.3) is 0 Å². The number of rotatable bonds is 3. The average Bonchev–Trinajstić information content (AvgIpc) is 2.52. The van der Waals surface area contributed by atoms with Gasteiger partial charge in [0.15, 0.2) is 0 Å². The zero-order valence-corrected chi connectivity index (χ0v) is 13.0. The number of anilines is 2. The molecule has 0 unspecified atom stereocenters. The molecule has 112 valence electrons. The van der Waals surface area contributed by atoms with Crippen LogP contribution in [0.4, 0.5) is 11.4 Å². The molecule has 0 spiro atoms. The van der Waals surface area contributed by atoms with E-state index in [1.165, 1.54) is 5.69 Å². The van der Waals surface area contributed by atoms with E-state index < -0.39 is 5.12 Å². The summed E-state index contributed by atoms with van der Waals surface area (Å²) in [4.78, 5) is 2.31. The molecule has 2 aliphatic heterocycles. The summed E-state index contributed by atoms with van der Waals surface area (Å²) in [6.45, 7) is 3.43. The Hall–Kier alpha value is -1.36. The minimum absolute atomic E-state index is 0.621. The van der Waals surface area contributed by atoms with Gasteiger partial charge >= 0.3 is 0 Å². The minimum Gasteiger partial charge on any atom is -0.378 e. The van der Waals surface area contributed by atoms with E-state index in [9.17, 15) is 0 Å². The Morgan fingerprint density at radius 2 is 1.90 bits per heavy atom. The monoisotopic (exact) mass is 325 g/mol. The number of halogens is 2. The first kappa shape index (κ1) is 14.6. The molecule has 0 aliphatic carbocycles. The van der Waals surface area contributed by atoms with Crippen LogP contribution < -0.4 is 15.5 Å². The van der Waals surface area contributed by atoms with E-state index in [2.05, 4.69) is 27.7 Å². The quantitative estimate of drug-likeness (QED) is 0.661. The average molecular weight is 326 g/mol. The highest BCUT2D eigenvalue weighted by Crippen LogP contribution is 2.25. The standard InChI is InChI=1S/C15H17Cl2N3O/c16-12-5-6-15(17,18-11-12)19-13-1-3-14(4-2-13)20-7-9-21-10-8-20/h1-6,11,18-19H,7-10H2/t15-/m0/s1. The first-order chi connectivity index (χ1) is 10.1. The van der Waals surface area contributed by atoms with Crippen LogP contribution in [-0.2, 0) is 4.74 Å². The van der Waals surface area contributed by atoms with E-state index in [0.29, 0.717) is 5.03 Å². The largest absolute Gasteiger partial charge is 0.378 e. The predicted molar refractivity (Wildman–Crippen MR) is 87.9 cm³/mol. The third kappa shape index (κ3) is 3.64. The summed E-state index contributed by atoms with van der Waals surface area (Å²) in [7, 11) is 0. The van der Waals surface area contributed by atoms with Gasteiger partial charge in [-0.25, -0.2) is 0 Å². The molecular weight excluding hydrogens is 309 g/mol. The lowest BCUT2D eigenvalue weighted by Gasteiger charge is -2.30. The van der Waals surface area contributed by atoms with Crippen LogP contribution in [0.25, 0.3) is 0 Å². The van der Waals surface area contributed by atoms with Crippen LogP contribution >= 0.6 is 23.2 Å². The molecule has 0 aromatic heterocycles. The summed E-state index contributed by atoms with van der Waals surface area (Å²) in [6, 6.07) is 8.21. The summed E-state index contributed by atoms with van der Waals surface area (Å²) >= 11 is 12.3. The minimum atomic E-state index is -0.848. The number of nitrogens with one attached hydrogen (secondary N) is 2. The zero-order valence-electron chi connectivity index (χ0n) is 11.5. The predicted octanol–water partition coefficient (Wildman–Crippen LogP) is 3.07. The Labute approximate surface area is 134 Å². The van der Waals surface area contributed by atoms with Crippen molar-refractivity contribution in [3.8, 4) is 0 Å². The third-order valence-corrected chi connectivity index (χ3v) is 4.03. The van der Waals surface area contributed by atoms with Gasteiger partial charge in [-0.1, -0.05) is 23.2 Å². The molecular formula is C15H17Cl2N3O. The van der Waals surface area contributed by atoms with Crippen molar-refractivity contribution in [2.45, 2.75) is 5.12 Å². The molecule has 6 heteroatoms. The lowest BCUT2D eigenvalue weighted by Crippen LogP contribution is -2.43. The van der Waals surface area contributed by atoms with Gasteiger partial charge < -0.3 is 20.3 Å². The van der Waals surface area contributed by atoms with Crippen LogP contribution in [0.2, 0.25) is 0 Å². The second kappa shape index (κ2) is 6.18.